The number of hydrogen-bond acceptors (Lipinski definition) is 0. The van der Waals surface area contributed by atoms with Crippen molar-refractivity contribution < 1.29 is 0 Å². The van der Waals surface area contributed by atoms with Crippen LogP contribution in [0.4, 0.5) is 0 Å². The molecular weight excluding hydrogens is 480 g/mol. The summed E-state index contributed by atoms with van der Waals surface area (Å²) in [6.07, 6.45) is 0. The van der Waals surface area contributed by atoms with E-state index in [2.05, 4.69) is 125 Å². The summed E-state index contributed by atoms with van der Waals surface area (Å²) in [5, 5.41) is 10.5. The zero-order valence-corrected chi connectivity index (χ0v) is 23.2. The van der Waals surface area contributed by atoms with E-state index in [1.807, 2.05) is 48.5 Å². The Hall–Kier alpha value is -5.40. The lowest BCUT2D eigenvalue weighted by molar-refractivity contribution is 1.56. The molecular formula is C40H28. The molecule has 0 saturated heterocycles. The molecule has 0 atom stereocenters. The Morgan fingerprint density at radius 2 is 0.625 bits per heavy atom. The topological polar surface area (TPSA) is 0 Å². The summed E-state index contributed by atoms with van der Waals surface area (Å²) >= 11 is 0. The van der Waals surface area contributed by atoms with Gasteiger partial charge in [-0.3, -0.25) is 0 Å². The second kappa shape index (κ2) is 12.0. The minimum atomic E-state index is 0.930. The van der Waals surface area contributed by atoms with Gasteiger partial charge in [-0.2, -0.15) is 0 Å². The van der Waals surface area contributed by atoms with E-state index in [0.29, 0.717) is 0 Å². The van der Waals surface area contributed by atoms with Crippen molar-refractivity contribution in [2.75, 3.05) is 0 Å². The van der Waals surface area contributed by atoms with Gasteiger partial charge in [0, 0.05) is 21.5 Å². The van der Waals surface area contributed by atoms with E-state index in [-0.39, 0.29) is 0 Å². The third-order valence-corrected chi connectivity index (χ3v) is 6.56. The van der Waals surface area contributed by atoms with Crippen LogP contribution in [0.15, 0.2) is 97.1 Å². The highest BCUT2D eigenvalue weighted by Crippen LogP contribution is 2.09. The largest absolute Gasteiger partial charge is 0.0680 e. The first-order valence-electron chi connectivity index (χ1n) is 13.3. The van der Waals surface area contributed by atoms with Gasteiger partial charge in [0.1, 0.15) is 0 Å². The van der Waals surface area contributed by atoms with Gasteiger partial charge >= 0.3 is 0 Å². The van der Waals surface area contributed by atoms with Gasteiger partial charge < -0.3 is 0 Å². The highest BCUT2D eigenvalue weighted by atomic mass is 14.0. The number of hydrogen-bond donors (Lipinski definition) is 0. The Bertz CT molecular complexity index is 1750. The van der Waals surface area contributed by atoms with Crippen molar-refractivity contribution in [2.24, 2.45) is 0 Å². The van der Waals surface area contributed by atoms with E-state index in [4.69, 9.17) is 0 Å². The van der Waals surface area contributed by atoms with Crippen molar-refractivity contribution in [3.8, 4) is 0 Å². The van der Waals surface area contributed by atoms with Crippen LogP contribution in [0, 0.1) is 48.5 Å². The van der Waals surface area contributed by atoms with Crippen molar-refractivity contribution in [1.29, 1.82) is 0 Å². The van der Waals surface area contributed by atoms with Gasteiger partial charge in [-0.15, -0.1) is 0 Å². The molecule has 5 aromatic rings. The van der Waals surface area contributed by atoms with E-state index < -0.39 is 0 Å². The summed E-state index contributed by atoms with van der Waals surface area (Å²) in [4.78, 5) is 0. The SMILES string of the molecule is CC(C)=c1c2cccc(c#cc#cc3cccc(c3)c(=C(C)C)c3cccc(c#cc#cc4cccc1c4)c3)c2. The van der Waals surface area contributed by atoms with Gasteiger partial charge in [-0.25, -0.2) is 0 Å². The predicted molar refractivity (Wildman–Crippen MR) is 169 cm³/mol. The summed E-state index contributed by atoms with van der Waals surface area (Å²) in [7, 11) is 0. The number of benzene rings is 4. The lowest BCUT2D eigenvalue weighted by atomic mass is 10.1. The molecule has 0 unspecified atom stereocenters. The summed E-state index contributed by atoms with van der Waals surface area (Å²) in [5.41, 5.74) is 2.44. The van der Waals surface area contributed by atoms with Crippen LogP contribution in [0.1, 0.15) is 27.7 Å². The monoisotopic (exact) mass is 508 g/mol. The maximum Gasteiger partial charge on any atom is 0.0261 e. The van der Waals surface area contributed by atoms with Crippen LogP contribution >= 0.6 is 0 Å². The molecule has 0 amide bonds. The average Bonchev–Trinajstić information content (AvgIpc) is 2.94. The molecule has 0 spiro atoms. The van der Waals surface area contributed by atoms with Gasteiger partial charge in [0.2, 0.25) is 0 Å². The molecule has 8 bridgehead atoms. The van der Waals surface area contributed by atoms with E-state index in [0.717, 1.165) is 43.1 Å². The Balaban J connectivity index is 1.89. The van der Waals surface area contributed by atoms with Gasteiger partial charge in [0.15, 0.2) is 0 Å². The van der Waals surface area contributed by atoms with E-state index in [1.165, 1.54) is 21.6 Å². The van der Waals surface area contributed by atoms with Crippen LogP contribution in [-0.2, 0) is 0 Å². The average molecular weight is 509 g/mol. The first kappa shape index (κ1) is 26.2. The van der Waals surface area contributed by atoms with Gasteiger partial charge in [-0.05, 0) is 132 Å². The Morgan fingerprint density at radius 1 is 0.375 bits per heavy atom. The van der Waals surface area contributed by atoms with Gasteiger partial charge in [0.05, 0.1) is 0 Å². The first-order chi connectivity index (χ1) is 19.5. The quantitative estimate of drug-likeness (QED) is 0.197. The molecule has 0 N–H and O–H groups in total. The van der Waals surface area contributed by atoms with Gasteiger partial charge in [0.25, 0.3) is 0 Å². The maximum absolute atomic E-state index is 3.23. The molecule has 40 heavy (non-hydrogen) atoms. The number of fused-ring (bicyclic) bond motifs is 8. The summed E-state index contributed by atoms with van der Waals surface area (Å²) in [5.74, 6) is 0. The molecule has 0 saturated carbocycles. The third-order valence-electron chi connectivity index (χ3n) is 6.56. The lowest BCUT2D eigenvalue weighted by Crippen LogP contribution is -2.03. The summed E-state index contributed by atoms with van der Waals surface area (Å²) < 4.78 is 0. The summed E-state index contributed by atoms with van der Waals surface area (Å²) in [6.45, 7) is 8.54. The molecule has 0 aliphatic carbocycles. The van der Waals surface area contributed by atoms with E-state index in [1.54, 1.807) is 0 Å². The fourth-order valence-corrected chi connectivity index (χ4v) is 4.91. The van der Waals surface area contributed by atoms with Crippen LogP contribution in [0.3, 0.4) is 0 Å². The van der Waals surface area contributed by atoms with Crippen LogP contribution < -0.4 is 10.4 Å². The predicted octanol–water partition coefficient (Wildman–Crippen LogP) is 8.46. The Kier molecular flexibility index (Phi) is 7.85. The minimum Gasteiger partial charge on any atom is -0.0680 e. The Morgan fingerprint density at radius 3 is 0.850 bits per heavy atom. The van der Waals surface area contributed by atoms with E-state index in [9.17, 15) is 0 Å². The molecule has 0 aliphatic rings. The second-order valence-corrected chi connectivity index (χ2v) is 10.1. The van der Waals surface area contributed by atoms with Crippen LogP contribution in [0.5, 0.6) is 0 Å². The highest BCUT2D eigenvalue weighted by Gasteiger charge is 1.96. The third kappa shape index (κ3) is 6.18. The van der Waals surface area contributed by atoms with Crippen molar-refractivity contribution >= 4 is 54.2 Å². The Labute approximate surface area is 237 Å². The zero-order valence-electron chi connectivity index (χ0n) is 23.2. The van der Waals surface area contributed by atoms with Crippen molar-refractivity contribution in [3.63, 3.8) is 0 Å². The zero-order chi connectivity index (χ0) is 27.9. The normalized spacial score (nSPS) is 9.70. The molecule has 0 heterocycles. The van der Waals surface area contributed by atoms with Crippen molar-refractivity contribution in [1.82, 2.24) is 0 Å². The molecule has 0 nitrogen and oxygen atoms in total. The molecule has 0 aromatic heterocycles. The smallest absolute Gasteiger partial charge is 0.0261 e. The van der Waals surface area contributed by atoms with Crippen LogP contribution in [-0.4, -0.2) is 0 Å². The molecule has 0 radical (unpaired) electrons. The molecule has 188 valence electrons. The first-order valence-corrected chi connectivity index (χ1v) is 13.3. The molecule has 0 aliphatic heterocycles. The highest BCUT2D eigenvalue weighted by molar-refractivity contribution is 5.80. The minimum absolute atomic E-state index is 0.930. The second-order valence-electron chi connectivity index (χ2n) is 10.1. The number of rotatable bonds is 0. The van der Waals surface area contributed by atoms with Crippen molar-refractivity contribution in [3.05, 3.63) is 156 Å². The lowest BCUT2D eigenvalue weighted by Gasteiger charge is -1.98. The maximum atomic E-state index is 3.23. The van der Waals surface area contributed by atoms with E-state index >= 15 is 0 Å². The molecule has 0 fully saturated rings. The van der Waals surface area contributed by atoms with Gasteiger partial charge in [-0.1, -0.05) is 83.9 Å². The van der Waals surface area contributed by atoms with Crippen LogP contribution in [0.2, 0.25) is 0 Å². The summed E-state index contributed by atoms with van der Waals surface area (Å²) in [6, 6.07) is 58.5. The fraction of sp³-hybridized carbons (Fsp3) is 0.100. The molecule has 5 aromatic carbocycles. The van der Waals surface area contributed by atoms with Crippen molar-refractivity contribution in [2.45, 2.75) is 27.7 Å². The van der Waals surface area contributed by atoms with Crippen LogP contribution in [0.25, 0.3) is 54.2 Å². The molecule has 5 rings (SSSR count). The molecule has 0 heteroatoms. The standard InChI is InChI=1S/C40H28/c1-29(2)39-35-21-9-17-31(25-35)13-5-7-15-33-19-11-23-37(27-33)40(30(3)4)38-24-12-20-34(28-38)16-8-6-14-32-18-10-22-36(39)26-32/h9-12,17-28H,1-4H3. The fourth-order valence-electron chi connectivity index (χ4n) is 4.91.